The largest absolute Gasteiger partial charge is 0.497 e. The van der Waals surface area contributed by atoms with Crippen LogP contribution < -0.4 is 19.7 Å². The topological polar surface area (TPSA) is 80.8 Å². The Kier molecular flexibility index (Phi) is 6.97. The van der Waals surface area contributed by atoms with Gasteiger partial charge in [0.2, 0.25) is 5.91 Å². The van der Waals surface area contributed by atoms with Crippen molar-refractivity contribution in [3.05, 3.63) is 46.6 Å². The van der Waals surface area contributed by atoms with Gasteiger partial charge in [0.05, 0.1) is 19.2 Å². The highest BCUT2D eigenvalue weighted by Gasteiger charge is 2.18. The molecule has 0 saturated carbocycles. The van der Waals surface area contributed by atoms with Crippen LogP contribution in [0.5, 0.6) is 11.5 Å². The molecule has 0 atom stereocenters. The molecule has 1 heterocycles. The number of pyridine rings is 1. The number of anilines is 1. The lowest BCUT2D eigenvalue weighted by molar-refractivity contribution is -0.116. The van der Waals surface area contributed by atoms with Crippen molar-refractivity contribution in [2.24, 2.45) is 0 Å². The summed E-state index contributed by atoms with van der Waals surface area (Å²) in [6.07, 6.45) is 1.54. The number of carbonyl (C=O) groups excluding carboxylic acids is 2. The fraction of sp³-hybridized carbons (Fsp3) is 0.278. The summed E-state index contributed by atoms with van der Waals surface area (Å²) in [5.74, 6) is 1.18. The molecule has 26 heavy (non-hydrogen) atoms. The van der Waals surface area contributed by atoms with E-state index >= 15 is 0 Å². The van der Waals surface area contributed by atoms with E-state index in [1.165, 1.54) is 11.8 Å². The Morgan fingerprint density at radius 1 is 1.23 bits per heavy atom. The molecule has 1 aromatic heterocycles. The lowest BCUT2D eigenvalue weighted by Crippen LogP contribution is -2.32. The van der Waals surface area contributed by atoms with E-state index in [-0.39, 0.29) is 11.8 Å². The molecular formula is C18H20BrN3O4. The van der Waals surface area contributed by atoms with Gasteiger partial charge < -0.3 is 14.8 Å². The Balaban J connectivity index is 1.95. The molecule has 1 N–H and O–H groups in total. The Hall–Kier alpha value is -2.61. The van der Waals surface area contributed by atoms with E-state index in [0.717, 1.165) is 5.75 Å². The van der Waals surface area contributed by atoms with E-state index in [1.807, 2.05) is 0 Å². The maximum atomic E-state index is 12.5. The first kappa shape index (κ1) is 19.7. The zero-order valence-corrected chi connectivity index (χ0v) is 16.4. The van der Waals surface area contributed by atoms with E-state index in [1.54, 1.807) is 50.7 Å². The summed E-state index contributed by atoms with van der Waals surface area (Å²) in [6, 6.07) is 8.80. The van der Waals surface area contributed by atoms with E-state index in [9.17, 15) is 9.59 Å². The molecule has 0 aliphatic carbocycles. The minimum Gasteiger partial charge on any atom is -0.497 e. The van der Waals surface area contributed by atoms with Crippen LogP contribution in [-0.4, -0.2) is 44.1 Å². The number of nitrogens with one attached hydrogen (secondary N) is 1. The Morgan fingerprint density at radius 2 is 1.88 bits per heavy atom. The maximum absolute atomic E-state index is 12.5. The van der Waals surface area contributed by atoms with Gasteiger partial charge in [-0.05, 0) is 46.3 Å². The molecule has 2 amide bonds. The minimum absolute atomic E-state index is 0.211. The first-order chi connectivity index (χ1) is 12.4. The molecule has 2 aromatic rings. The number of halogens is 1. The number of hydrogen-bond acceptors (Lipinski definition) is 5. The highest BCUT2D eigenvalue weighted by molar-refractivity contribution is 9.10. The number of benzene rings is 1. The second kappa shape index (κ2) is 9.19. The van der Waals surface area contributed by atoms with Crippen LogP contribution in [0.3, 0.4) is 0 Å². The first-order valence-electron chi connectivity index (χ1n) is 7.87. The average molecular weight is 422 g/mol. The van der Waals surface area contributed by atoms with Crippen LogP contribution in [0.4, 0.5) is 5.82 Å². The van der Waals surface area contributed by atoms with Crippen LogP contribution in [0.15, 0.2) is 41.0 Å². The standard InChI is InChI=1S/C18H20BrN3O4/c1-12(23)22(2)17-16(10-13(19)11-21-17)18(24)20-8-9-26-15-6-4-14(25-3)5-7-15/h4-7,10-11H,8-9H2,1-3H3,(H,20,24). The molecule has 0 aliphatic heterocycles. The van der Waals surface area contributed by atoms with Crippen LogP contribution in [-0.2, 0) is 4.79 Å². The van der Waals surface area contributed by atoms with Gasteiger partial charge in [-0.15, -0.1) is 0 Å². The Labute approximate surface area is 160 Å². The number of hydrogen-bond donors (Lipinski definition) is 1. The lowest BCUT2D eigenvalue weighted by atomic mass is 10.2. The molecule has 0 aliphatic rings. The number of amides is 2. The average Bonchev–Trinajstić information content (AvgIpc) is 2.64. The van der Waals surface area contributed by atoms with Crippen molar-refractivity contribution in [3.8, 4) is 11.5 Å². The smallest absolute Gasteiger partial charge is 0.255 e. The van der Waals surface area contributed by atoms with E-state index in [4.69, 9.17) is 9.47 Å². The maximum Gasteiger partial charge on any atom is 0.255 e. The van der Waals surface area contributed by atoms with E-state index in [0.29, 0.717) is 34.8 Å². The molecule has 0 spiro atoms. The van der Waals surface area contributed by atoms with Crippen molar-refractivity contribution in [2.45, 2.75) is 6.92 Å². The van der Waals surface area contributed by atoms with Crippen molar-refractivity contribution in [2.75, 3.05) is 32.2 Å². The lowest BCUT2D eigenvalue weighted by Gasteiger charge is -2.17. The number of ether oxygens (including phenoxy) is 2. The summed E-state index contributed by atoms with van der Waals surface area (Å²) < 4.78 is 11.3. The molecule has 1 aromatic carbocycles. The van der Waals surface area contributed by atoms with Crippen LogP contribution in [0.2, 0.25) is 0 Å². The number of nitrogens with zero attached hydrogens (tertiary/aromatic N) is 2. The Morgan fingerprint density at radius 3 is 2.50 bits per heavy atom. The summed E-state index contributed by atoms with van der Waals surface area (Å²) in [4.78, 5) is 29.5. The molecule has 2 rings (SSSR count). The van der Waals surface area contributed by atoms with Gasteiger partial charge in [0.15, 0.2) is 0 Å². The van der Waals surface area contributed by atoms with Gasteiger partial charge in [-0.3, -0.25) is 14.5 Å². The van der Waals surface area contributed by atoms with Gasteiger partial charge in [0.1, 0.15) is 23.9 Å². The second-order valence-electron chi connectivity index (χ2n) is 5.38. The molecule has 8 heteroatoms. The van der Waals surface area contributed by atoms with Gasteiger partial charge in [-0.1, -0.05) is 0 Å². The van der Waals surface area contributed by atoms with Crippen LogP contribution in [0, 0.1) is 0 Å². The molecule has 0 bridgehead atoms. The third-order valence-corrected chi connectivity index (χ3v) is 4.02. The van der Waals surface area contributed by atoms with Crippen LogP contribution in [0.25, 0.3) is 0 Å². The minimum atomic E-state index is -0.333. The summed E-state index contributed by atoms with van der Waals surface area (Å²) in [6.45, 7) is 2.02. The van der Waals surface area contributed by atoms with Crippen molar-refractivity contribution in [1.82, 2.24) is 10.3 Å². The third-order valence-electron chi connectivity index (χ3n) is 3.58. The third kappa shape index (κ3) is 5.19. The normalized spacial score (nSPS) is 10.2. The zero-order valence-electron chi connectivity index (χ0n) is 14.8. The van der Waals surface area contributed by atoms with E-state index < -0.39 is 0 Å². The van der Waals surface area contributed by atoms with Crippen molar-refractivity contribution in [1.29, 1.82) is 0 Å². The summed E-state index contributed by atoms with van der Waals surface area (Å²) in [5, 5.41) is 2.77. The van der Waals surface area contributed by atoms with E-state index in [2.05, 4.69) is 26.2 Å². The number of aromatic nitrogens is 1. The molecular weight excluding hydrogens is 402 g/mol. The second-order valence-corrected chi connectivity index (χ2v) is 6.30. The SMILES string of the molecule is COc1ccc(OCCNC(=O)c2cc(Br)cnc2N(C)C(C)=O)cc1. The van der Waals surface area contributed by atoms with Crippen molar-refractivity contribution < 1.29 is 19.1 Å². The first-order valence-corrected chi connectivity index (χ1v) is 8.66. The van der Waals surface area contributed by atoms with Gasteiger partial charge in [-0.2, -0.15) is 0 Å². The fourth-order valence-electron chi connectivity index (χ4n) is 2.12. The van der Waals surface area contributed by atoms with Gasteiger partial charge >= 0.3 is 0 Å². The molecule has 7 nitrogen and oxygen atoms in total. The van der Waals surface area contributed by atoms with Gasteiger partial charge in [0.25, 0.3) is 5.91 Å². The number of methoxy groups -OCH3 is 1. The van der Waals surface area contributed by atoms with Gasteiger partial charge in [-0.25, -0.2) is 4.98 Å². The summed E-state index contributed by atoms with van der Waals surface area (Å²) >= 11 is 3.29. The summed E-state index contributed by atoms with van der Waals surface area (Å²) in [7, 11) is 3.17. The predicted molar refractivity (Wildman–Crippen MR) is 102 cm³/mol. The number of rotatable bonds is 7. The molecule has 0 radical (unpaired) electrons. The number of carbonyl (C=O) groups is 2. The van der Waals surface area contributed by atoms with Gasteiger partial charge in [0, 0.05) is 24.6 Å². The Bertz CT molecular complexity index is 781. The summed E-state index contributed by atoms with van der Waals surface area (Å²) in [5.41, 5.74) is 0.307. The van der Waals surface area contributed by atoms with Crippen molar-refractivity contribution >= 4 is 33.6 Å². The van der Waals surface area contributed by atoms with Crippen LogP contribution in [0.1, 0.15) is 17.3 Å². The highest BCUT2D eigenvalue weighted by Crippen LogP contribution is 2.21. The van der Waals surface area contributed by atoms with Crippen LogP contribution >= 0.6 is 15.9 Å². The zero-order chi connectivity index (χ0) is 19.1. The fourth-order valence-corrected chi connectivity index (χ4v) is 2.45. The van der Waals surface area contributed by atoms with Crippen molar-refractivity contribution in [3.63, 3.8) is 0 Å². The monoisotopic (exact) mass is 421 g/mol. The quantitative estimate of drug-likeness (QED) is 0.694. The molecule has 138 valence electrons. The molecule has 0 unspecified atom stereocenters. The predicted octanol–water partition coefficient (Wildman–Crippen LogP) is 2.64. The molecule has 0 fully saturated rings. The molecule has 0 saturated heterocycles. The highest BCUT2D eigenvalue weighted by atomic mass is 79.9.